The van der Waals surface area contributed by atoms with Gasteiger partial charge in [0.05, 0.1) is 0 Å². The van der Waals surface area contributed by atoms with E-state index in [1.807, 2.05) is 0 Å². The average Bonchev–Trinajstić information content (AvgIpc) is 2.19. The zero-order valence-corrected chi connectivity index (χ0v) is 7.50. The molecule has 0 aromatic heterocycles. The second-order valence-corrected chi connectivity index (χ2v) is 3.16. The van der Waals surface area contributed by atoms with Gasteiger partial charge in [0.15, 0.2) is 0 Å². The Kier molecular flexibility index (Phi) is 2.35. The summed E-state index contributed by atoms with van der Waals surface area (Å²) in [5, 5.41) is 2.56. The maximum absolute atomic E-state index is 12.6. The van der Waals surface area contributed by atoms with E-state index < -0.39 is 6.09 Å². The zero-order valence-electron chi connectivity index (χ0n) is 7.50. The lowest BCUT2D eigenvalue weighted by molar-refractivity contribution is 0.0738. The molecule has 0 aliphatic carbocycles. The first-order chi connectivity index (χ1) is 6.75. The maximum Gasteiger partial charge on any atom is 0.407 e. The smallest absolute Gasteiger partial charge is 0.407 e. The maximum atomic E-state index is 12.6. The van der Waals surface area contributed by atoms with Gasteiger partial charge in [0.1, 0.15) is 11.9 Å². The Morgan fingerprint density at radius 3 is 2.71 bits per heavy atom. The molecule has 1 aromatic carbocycles. The number of rotatable bonds is 1. The van der Waals surface area contributed by atoms with Crippen LogP contribution in [0.4, 0.5) is 9.18 Å². The molecule has 1 aromatic rings. The molecule has 1 atom stereocenters. The number of hydrogen-bond donors (Lipinski definition) is 1. The molecule has 1 aliphatic heterocycles. The van der Waals surface area contributed by atoms with Crippen molar-refractivity contribution in [2.75, 3.05) is 6.54 Å². The molecular formula is C10H10FNO2. The van der Waals surface area contributed by atoms with E-state index in [4.69, 9.17) is 4.74 Å². The molecule has 0 spiro atoms. The Morgan fingerprint density at radius 1 is 1.36 bits per heavy atom. The van der Waals surface area contributed by atoms with Crippen LogP contribution in [0.5, 0.6) is 0 Å². The second-order valence-electron chi connectivity index (χ2n) is 3.16. The van der Waals surface area contributed by atoms with E-state index >= 15 is 0 Å². The lowest BCUT2D eigenvalue weighted by Crippen LogP contribution is -2.33. The monoisotopic (exact) mass is 195 g/mol. The molecule has 0 bridgehead atoms. The fraction of sp³-hybridized carbons (Fsp3) is 0.300. The number of alkyl carbamates (subject to hydrolysis) is 1. The Morgan fingerprint density at radius 2 is 2.07 bits per heavy atom. The molecule has 1 heterocycles. The van der Waals surface area contributed by atoms with Gasteiger partial charge in [-0.05, 0) is 17.7 Å². The Balaban J connectivity index is 2.14. The molecule has 14 heavy (non-hydrogen) atoms. The largest absolute Gasteiger partial charge is 0.441 e. The molecular weight excluding hydrogens is 185 g/mol. The van der Waals surface area contributed by atoms with Crippen molar-refractivity contribution < 1.29 is 13.9 Å². The summed E-state index contributed by atoms with van der Waals surface area (Å²) in [6.07, 6.45) is 0.0621. The number of hydrogen-bond acceptors (Lipinski definition) is 2. The SMILES string of the molecule is O=C1NCCC(c2ccc(F)cc2)O1. The van der Waals surface area contributed by atoms with Crippen LogP contribution < -0.4 is 5.32 Å². The van der Waals surface area contributed by atoms with Crippen molar-refractivity contribution in [2.24, 2.45) is 0 Å². The molecule has 1 N–H and O–H groups in total. The topological polar surface area (TPSA) is 38.3 Å². The summed E-state index contributed by atoms with van der Waals surface area (Å²) in [4.78, 5) is 10.9. The highest BCUT2D eigenvalue weighted by Gasteiger charge is 2.20. The van der Waals surface area contributed by atoms with Crippen LogP contribution >= 0.6 is 0 Å². The van der Waals surface area contributed by atoms with Gasteiger partial charge in [-0.3, -0.25) is 0 Å². The van der Waals surface area contributed by atoms with Crippen molar-refractivity contribution in [3.05, 3.63) is 35.6 Å². The lowest BCUT2D eigenvalue weighted by atomic mass is 10.1. The Labute approximate surface area is 80.9 Å². The number of ether oxygens (including phenoxy) is 1. The molecule has 1 fully saturated rings. The number of cyclic esters (lactones) is 1. The van der Waals surface area contributed by atoms with Gasteiger partial charge in [-0.2, -0.15) is 0 Å². The van der Waals surface area contributed by atoms with Crippen molar-refractivity contribution >= 4 is 6.09 Å². The van der Waals surface area contributed by atoms with Gasteiger partial charge in [-0.25, -0.2) is 9.18 Å². The summed E-state index contributed by atoms with van der Waals surface area (Å²) in [5.41, 5.74) is 0.834. The van der Waals surface area contributed by atoms with E-state index in [9.17, 15) is 9.18 Å². The normalized spacial score (nSPS) is 21.2. The van der Waals surface area contributed by atoms with E-state index in [0.29, 0.717) is 6.54 Å². The minimum Gasteiger partial charge on any atom is -0.441 e. The summed E-state index contributed by atoms with van der Waals surface area (Å²) in [6.45, 7) is 0.598. The quantitative estimate of drug-likeness (QED) is 0.744. The highest BCUT2D eigenvalue weighted by Crippen LogP contribution is 2.23. The van der Waals surface area contributed by atoms with Crippen LogP contribution in [-0.4, -0.2) is 12.6 Å². The third-order valence-electron chi connectivity index (χ3n) is 2.17. The van der Waals surface area contributed by atoms with Gasteiger partial charge in [0.25, 0.3) is 0 Å². The fourth-order valence-corrected chi connectivity index (χ4v) is 1.45. The number of benzene rings is 1. The predicted molar refractivity (Wildman–Crippen MR) is 48.2 cm³/mol. The van der Waals surface area contributed by atoms with E-state index in [-0.39, 0.29) is 11.9 Å². The summed E-state index contributed by atoms with van der Waals surface area (Å²) in [5.74, 6) is -0.283. The summed E-state index contributed by atoms with van der Waals surface area (Å²) >= 11 is 0. The number of halogens is 1. The molecule has 0 saturated carbocycles. The highest BCUT2D eigenvalue weighted by atomic mass is 19.1. The highest BCUT2D eigenvalue weighted by molar-refractivity contribution is 5.68. The molecule has 1 aliphatic rings. The first-order valence-electron chi connectivity index (χ1n) is 4.45. The van der Waals surface area contributed by atoms with Crippen molar-refractivity contribution in [1.82, 2.24) is 5.32 Å². The van der Waals surface area contributed by atoms with Crippen molar-refractivity contribution in [1.29, 1.82) is 0 Å². The molecule has 4 heteroatoms. The first kappa shape index (κ1) is 8.99. The Hall–Kier alpha value is -1.58. The van der Waals surface area contributed by atoms with Crippen LogP contribution in [0, 0.1) is 5.82 Å². The van der Waals surface area contributed by atoms with E-state index in [2.05, 4.69) is 5.32 Å². The number of amides is 1. The van der Waals surface area contributed by atoms with Crippen molar-refractivity contribution in [3.8, 4) is 0 Å². The third-order valence-corrected chi connectivity index (χ3v) is 2.17. The van der Waals surface area contributed by atoms with Gasteiger partial charge < -0.3 is 10.1 Å². The molecule has 1 unspecified atom stereocenters. The van der Waals surface area contributed by atoms with Gasteiger partial charge in [-0.1, -0.05) is 12.1 Å². The van der Waals surface area contributed by atoms with Gasteiger partial charge in [0, 0.05) is 13.0 Å². The van der Waals surface area contributed by atoms with Crippen LogP contribution in [0.3, 0.4) is 0 Å². The third kappa shape index (κ3) is 1.84. The van der Waals surface area contributed by atoms with Crippen LogP contribution in [-0.2, 0) is 4.74 Å². The van der Waals surface area contributed by atoms with Crippen LogP contribution in [0.1, 0.15) is 18.1 Å². The molecule has 0 radical (unpaired) electrons. The standard InChI is InChI=1S/C10H10FNO2/c11-8-3-1-7(2-4-8)9-5-6-12-10(13)14-9/h1-4,9H,5-6H2,(H,12,13). The van der Waals surface area contributed by atoms with Crippen LogP contribution in [0.15, 0.2) is 24.3 Å². The van der Waals surface area contributed by atoms with Crippen molar-refractivity contribution in [2.45, 2.75) is 12.5 Å². The predicted octanol–water partition coefficient (Wildman–Crippen LogP) is 2.00. The van der Waals surface area contributed by atoms with Crippen LogP contribution in [0.25, 0.3) is 0 Å². The van der Waals surface area contributed by atoms with E-state index in [1.165, 1.54) is 12.1 Å². The van der Waals surface area contributed by atoms with E-state index in [0.717, 1.165) is 12.0 Å². The molecule has 1 amide bonds. The van der Waals surface area contributed by atoms with Gasteiger partial charge in [0.2, 0.25) is 0 Å². The summed E-state index contributed by atoms with van der Waals surface area (Å²) in [6, 6.07) is 6.01. The summed E-state index contributed by atoms with van der Waals surface area (Å²) < 4.78 is 17.7. The number of carbonyl (C=O) groups is 1. The lowest BCUT2D eigenvalue weighted by Gasteiger charge is -2.23. The first-order valence-corrected chi connectivity index (χ1v) is 4.45. The minimum atomic E-state index is -0.412. The number of carbonyl (C=O) groups excluding carboxylic acids is 1. The number of nitrogens with one attached hydrogen (secondary N) is 1. The molecule has 3 nitrogen and oxygen atoms in total. The minimum absolute atomic E-state index is 0.246. The van der Waals surface area contributed by atoms with Gasteiger partial charge >= 0.3 is 6.09 Å². The van der Waals surface area contributed by atoms with E-state index in [1.54, 1.807) is 12.1 Å². The van der Waals surface area contributed by atoms with Crippen LogP contribution in [0.2, 0.25) is 0 Å². The molecule has 1 saturated heterocycles. The zero-order chi connectivity index (χ0) is 9.97. The second kappa shape index (κ2) is 3.65. The van der Waals surface area contributed by atoms with Gasteiger partial charge in [-0.15, -0.1) is 0 Å². The van der Waals surface area contributed by atoms with Crippen molar-refractivity contribution in [3.63, 3.8) is 0 Å². The molecule has 74 valence electrons. The molecule has 2 rings (SSSR count). The summed E-state index contributed by atoms with van der Waals surface area (Å²) in [7, 11) is 0. The fourth-order valence-electron chi connectivity index (χ4n) is 1.45. The average molecular weight is 195 g/mol. The Bertz CT molecular complexity index is 336.